The number of hydrogen-bond donors (Lipinski definition) is 2. The lowest BCUT2D eigenvalue weighted by Crippen LogP contribution is -2.59. The minimum absolute atomic E-state index is 0.260. The van der Waals surface area contributed by atoms with E-state index in [9.17, 15) is 18.4 Å². The first-order chi connectivity index (χ1) is 9.43. The quantitative estimate of drug-likeness (QED) is 0.821. The van der Waals surface area contributed by atoms with Gasteiger partial charge in [-0.1, -0.05) is 11.8 Å². The van der Waals surface area contributed by atoms with Crippen LogP contribution in [0.4, 0.5) is 8.78 Å². The van der Waals surface area contributed by atoms with Crippen molar-refractivity contribution in [1.29, 1.82) is 0 Å². The van der Waals surface area contributed by atoms with E-state index in [1.165, 1.54) is 24.3 Å². The Morgan fingerprint density at radius 1 is 1.25 bits per heavy atom. The van der Waals surface area contributed by atoms with Crippen LogP contribution in [0.1, 0.15) is 29.6 Å². The van der Waals surface area contributed by atoms with Crippen LogP contribution < -0.4 is 5.32 Å². The third-order valence-corrected chi connectivity index (χ3v) is 4.03. The highest BCUT2D eigenvalue weighted by Gasteiger charge is 2.45. The Bertz CT molecular complexity index is 515. The average Bonchev–Trinajstić information content (AvgIpc) is 2.33. The van der Waals surface area contributed by atoms with Gasteiger partial charge < -0.3 is 10.4 Å². The van der Waals surface area contributed by atoms with Gasteiger partial charge in [-0.2, -0.15) is 8.78 Å². The molecule has 2 N–H and O–H groups in total. The van der Waals surface area contributed by atoms with Gasteiger partial charge in [0.1, 0.15) is 5.54 Å². The second-order valence-electron chi connectivity index (χ2n) is 4.60. The maximum Gasteiger partial charge on any atom is 0.329 e. The van der Waals surface area contributed by atoms with E-state index < -0.39 is 23.2 Å². The van der Waals surface area contributed by atoms with Crippen LogP contribution in [0.15, 0.2) is 29.2 Å². The summed E-state index contributed by atoms with van der Waals surface area (Å²) in [6.45, 7) is 0. The third-order valence-electron chi connectivity index (χ3n) is 3.31. The van der Waals surface area contributed by atoms with Gasteiger partial charge >= 0.3 is 5.97 Å². The molecule has 20 heavy (non-hydrogen) atoms. The highest BCUT2D eigenvalue weighted by atomic mass is 32.2. The first kappa shape index (κ1) is 14.8. The summed E-state index contributed by atoms with van der Waals surface area (Å²) < 4.78 is 24.3. The van der Waals surface area contributed by atoms with Crippen molar-refractivity contribution in [3.05, 3.63) is 29.8 Å². The van der Waals surface area contributed by atoms with Crippen LogP contribution in [0, 0.1) is 0 Å². The van der Waals surface area contributed by atoms with Gasteiger partial charge in [0.2, 0.25) is 0 Å². The normalized spacial score (nSPS) is 16.6. The van der Waals surface area contributed by atoms with Gasteiger partial charge in [0.05, 0.1) is 0 Å². The van der Waals surface area contributed by atoms with E-state index in [0.717, 1.165) is 6.42 Å². The van der Waals surface area contributed by atoms with Crippen LogP contribution >= 0.6 is 11.8 Å². The number of carbonyl (C=O) groups excluding carboxylic acids is 1. The van der Waals surface area contributed by atoms with Crippen LogP contribution in [0.3, 0.4) is 0 Å². The lowest BCUT2D eigenvalue weighted by molar-refractivity contribution is -0.148. The first-order valence-electron chi connectivity index (χ1n) is 6.04. The molecule has 0 unspecified atom stereocenters. The van der Waals surface area contributed by atoms with E-state index in [-0.39, 0.29) is 5.56 Å². The molecule has 0 aromatic heterocycles. The standard InChI is InChI=1S/C13H13F2NO3S/c14-12(15)20-9-4-2-8(3-5-9)10(17)16-13(11(18)19)6-1-7-13/h2-5,12H,1,6-7H2,(H,16,17)(H,18,19). The maximum absolute atomic E-state index is 12.2. The van der Waals surface area contributed by atoms with Crippen LogP contribution in [0.2, 0.25) is 0 Å². The predicted octanol–water partition coefficient (Wildman–Crippen LogP) is 2.74. The number of hydrogen-bond acceptors (Lipinski definition) is 3. The van der Waals surface area contributed by atoms with Gasteiger partial charge in [0.25, 0.3) is 11.7 Å². The number of carboxylic acids is 1. The lowest BCUT2D eigenvalue weighted by Gasteiger charge is -2.38. The van der Waals surface area contributed by atoms with Crippen LogP contribution in [0.5, 0.6) is 0 Å². The lowest BCUT2D eigenvalue weighted by atomic mass is 9.76. The SMILES string of the molecule is O=C(NC1(C(=O)O)CCC1)c1ccc(SC(F)F)cc1. The van der Waals surface area contributed by atoms with E-state index in [0.29, 0.717) is 29.5 Å². The summed E-state index contributed by atoms with van der Waals surface area (Å²) in [6.07, 6.45) is 1.58. The fourth-order valence-corrected chi connectivity index (χ4v) is 2.50. The largest absolute Gasteiger partial charge is 0.480 e. The van der Waals surface area contributed by atoms with Gasteiger partial charge in [-0.05, 0) is 43.5 Å². The van der Waals surface area contributed by atoms with Crippen molar-refractivity contribution in [2.45, 2.75) is 35.5 Å². The van der Waals surface area contributed by atoms with Crippen molar-refractivity contribution in [2.75, 3.05) is 0 Å². The van der Waals surface area contributed by atoms with Crippen molar-refractivity contribution in [1.82, 2.24) is 5.32 Å². The van der Waals surface area contributed by atoms with E-state index >= 15 is 0 Å². The van der Waals surface area contributed by atoms with Gasteiger partial charge in [-0.25, -0.2) is 4.79 Å². The molecule has 1 aromatic rings. The molecule has 7 heteroatoms. The summed E-state index contributed by atoms with van der Waals surface area (Å²) in [7, 11) is 0. The number of carboxylic acid groups (broad SMARTS) is 1. The number of aliphatic carboxylic acids is 1. The summed E-state index contributed by atoms with van der Waals surface area (Å²) in [5.41, 5.74) is -0.913. The molecule has 1 amide bonds. The number of halogens is 2. The van der Waals surface area contributed by atoms with Crippen LogP contribution in [-0.2, 0) is 4.79 Å². The molecule has 0 spiro atoms. The fraction of sp³-hybridized carbons (Fsp3) is 0.385. The molecule has 0 bridgehead atoms. The van der Waals surface area contributed by atoms with Gasteiger partial charge in [0, 0.05) is 10.5 Å². The number of amides is 1. The molecular weight excluding hydrogens is 288 g/mol. The number of benzene rings is 1. The molecule has 108 valence electrons. The smallest absolute Gasteiger partial charge is 0.329 e. The van der Waals surface area contributed by atoms with Crippen molar-refractivity contribution >= 4 is 23.6 Å². The highest BCUT2D eigenvalue weighted by molar-refractivity contribution is 7.99. The minimum atomic E-state index is -2.51. The molecule has 1 aliphatic carbocycles. The zero-order chi connectivity index (χ0) is 14.8. The monoisotopic (exact) mass is 301 g/mol. The highest BCUT2D eigenvalue weighted by Crippen LogP contribution is 2.32. The van der Waals surface area contributed by atoms with Crippen LogP contribution in [-0.4, -0.2) is 28.3 Å². The molecule has 0 heterocycles. The molecule has 0 saturated heterocycles. The second kappa shape index (κ2) is 5.78. The molecular formula is C13H13F2NO3S. The molecule has 1 aliphatic rings. The summed E-state index contributed by atoms with van der Waals surface area (Å²) >= 11 is 0.393. The van der Waals surface area contributed by atoms with E-state index in [1.54, 1.807) is 0 Å². The van der Waals surface area contributed by atoms with Gasteiger partial charge in [0.15, 0.2) is 0 Å². The second-order valence-corrected chi connectivity index (χ2v) is 5.66. The van der Waals surface area contributed by atoms with Crippen molar-refractivity contribution in [3.63, 3.8) is 0 Å². The number of thioether (sulfide) groups is 1. The number of alkyl halides is 2. The van der Waals surface area contributed by atoms with Crippen LogP contribution in [0.25, 0.3) is 0 Å². The molecule has 1 saturated carbocycles. The number of nitrogens with one attached hydrogen (secondary N) is 1. The Balaban J connectivity index is 2.04. The Hall–Kier alpha value is -1.63. The van der Waals surface area contributed by atoms with Crippen molar-refractivity contribution < 1.29 is 23.5 Å². The number of carbonyl (C=O) groups is 2. The predicted molar refractivity (Wildman–Crippen MR) is 70.0 cm³/mol. The molecule has 2 rings (SSSR count). The third kappa shape index (κ3) is 3.09. The minimum Gasteiger partial charge on any atom is -0.480 e. The zero-order valence-corrected chi connectivity index (χ0v) is 11.3. The summed E-state index contributed by atoms with van der Waals surface area (Å²) in [6, 6.07) is 5.66. The molecule has 4 nitrogen and oxygen atoms in total. The number of rotatable bonds is 5. The Morgan fingerprint density at radius 3 is 2.25 bits per heavy atom. The van der Waals surface area contributed by atoms with Crippen molar-refractivity contribution in [3.8, 4) is 0 Å². The summed E-state index contributed by atoms with van der Waals surface area (Å²) in [4.78, 5) is 23.5. The summed E-state index contributed by atoms with van der Waals surface area (Å²) in [5, 5.41) is 11.6. The van der Waals surface area contributed by atoms with E-state index in [2.05, 4.69) is 5.32 Å². The average molecular weight is 301 g/mol. The van der Waals surface area contributed by atoms with Gasteiger partial charge in [-0.15, -0.1) is 0 Å². The Kier molecular flexibility index (Phi) is 4.27. The maximum atomic E-state index is 12.2. The zero-order valence-electron chi connectivity index (χ0n) is 10.4. The Morgan fingerprint density at radius 2 is 1.85 bits per heavy atom. The Labute approximate surface area is 118 Å². The molecule has 0 aliphatic heterocycles. The van der Waals surface area contributed by atoms with E-state index in [4.69, 9.17) is 5.11 Å². The molecule has 1 fully saturated rings. The fourth-order valence-electron chi connectivity index (χ4n) is 2.00. The first-order valence-corrected chi connectivity index (χ1v) is 6.92. The topological polar surface area (TPSA) is 66.4 Å². The summed E-state index contributed by atoms with van der Waals surface area (Å²) in [5.74, 6) is -4.05. The van der Waals surface area contributed by atoms with E-state index in [1.807, 2.05) is 0 Å². The van der Waals surface area contributed by atoms with Gasteiger partial charge in [-0.3, -0.25) is 4.79 Å². The van der Waals surface area contributed by atoms with Crippen molar-refractivity contribution in [2.24, 2.45) is 0 Å². The molecule has 0 radical (unpaired) electrons. The molecule has 0 atom stereocenters. The molecule has 1 aromatic carbocycles.